The second-order valence-electron chi connectivity index (χ2n) is 6.76. The van der Waals surface area contributed by atoms with Gasteiger partial charge in [-0.1, -0.05) is 33.6 Å². The molecule has 1 saturated carbocycles. The zero-order valence-electron chi connectivity index (χ0n) is 13.0. The summed E-state index contributed by atoms with van der Waals surface area (Å²) < 4.78 is 2.03. The summed E-state index contributed by atoms with van der Waals surface area (Å²) >= 11 is 0. The quantitative estimate of drug-likeness (QED) is 0.618. The molecule has 3 atom stereocenters. The Kier molecular flexibility index (Phi) is 5.54. The fourth-order valence-electron chi connectivity index (χ4n) is 3.35. The standard InChI is InChI=1S/C15H29N5/c1-11(2)9-20-15(17-10-18-20)8-14(19-16)13-6-4-5-12(3)7-13/h10-14,19H,4-9,16H2,1-3H3. The molecule has 1 aromatic rings. The maximum Gasteiger partial charge on any atom is 0.138 e. The van der Waals surface area contributed by atoms with Crippen LogP contribution in [0.3, 0.4) is 0 Å². The predicted molar refractivity (Wildman–Crippen MR) is 80.8 cm³/mol. The highest BCUT2D eigenvalue weighted by Crippen LogP contribution is 2.31. The fraction of sp³-hybridized carbons (Fsp3) is 0.867. The van der Waals surface area contributed by atoms with Crippen molar-refractivity contribution >= 4 is 0 Å². The monoisotopic (exact) mass is 279 g/mol. The Hall–Kier alpha value is -0.940. The van der Waals surface area contributed by atoms with Crippen LogP contribution < -0.4 is 11.3 Å². The van der Waals surface area contributed by atoms with Crippen LogP contribution in [0.25, 0.3) is 0 Å². The summed E-state index contributed by atoms with van der Waals surface area (Å²) in [6.07, 6.45) is 7.76. The predicted octanol–water partition coefficient (Wildman–Crippen LogP) is 2.13. The van der Waals surface area contributed by atoms with Gasteiger partial charge in [-0.3, -0.25) is 11.3 Å². The van der Waals surface area contributed by atoms with Crippen LogP contribution in [0, 0.1) is 17.8 Å². The van der Waals surface area contributed by atoms with E-state index >= 15 is 0 Å². The van der Waals surface area contributed by atoms with Crippen molar-refractivity contribution in [1.29, 1.82) is 0 Å². The number of aromatic nitrogens is 3. The van der Waals surface area contributed by atoms with Gasteiger partial charge in [0.1, 0.15) is 12.2 Å². The second-order valence-corrected chi connectivity index (χ2v) is 6.76. The molecule has 0 bridgehead atoms. The number of nitrogens with zero attached hydrogens (tertiary/aromatic N) is 3. The minimum Gasteiger partial charge on any atom is -0.271 e. The summed E-state index contributed by atoms with van der Waals surface area (Å²) in [5.74, 6) is 8.92. The fourth-order valence-corrected chi connectivity index (χ4v) is 3.35. The average molecular weight is 279 g/mol. The summed E-state index contributed by atoms with van der Waals surface area (Å²) in [7, 11) is 0. The van der Waals surface area contributed by atoms with Crippen LogP contribution >= 0.6 is 0 Å². The molecule has 1 aliphatic carbocycles. The van der Waals surface area contributed by atoms with E-state index in [2.05, 4.69) is 36.3 Å². The van der Waals surface area contributed by atoms with Crippen LogP contribution in [-0.2, 0) is 13.0 Å². The topological polar surface area (TPSA) is 68.8 Å². The molecule has 1 aromatic heterocycles. The van der Waals surface area contributed by atoms with Gasteiger partial charge in [0.25, 0.3) is 0 Å². The second kappa shape index (κ2) is 7.18. The number of hydrogen-bond acceptors (Lipinski definition) is 4. The van der Waals surface area contributed by atoms with Gasteiger partial charge in [0.15, 0.2) is 0 Å². The smallest absolute Gasteiger partial charge is 0.138 e. The summed E-state index contributed by atoms with van der Waals surface area (Å²) in [5.41, 5.74) is 3.03. The highest BCUT2D eigenvalue weighted by molar-refractivity contribution is 4.93. The van der Waals surface area contributed by atoms with Gasteiger partial charge in [-0.15, -0.1) is 0 Å². The minimum atomic E-state index is 0.313. The Balaban J connectivity index is 2.00. The summed E-state index contributed by atoms with van der Waals surface area (Å²) in [4.78, 5) is 4.43. The lowest BCUT2D eigenvalue weighted by atomic mass is 9.78. The molecule has 114 valence electrons. The Bertz CT molecular complexity index is 401. The van der Waals surface area contributed by atoms with Gasteiger partial charge in [0, 0.05) is 19.0 Å². The maximum atomic E-state index is 5.81. The average Bonchev–Trinajstić information content (AvgIpc) is 2.82. The molecule has 0 radical (unpaired) electrons. The van der Waals surface area contributed by atoms with Gasteiger partial charge >= 0.3 is 0 Å². The first-order valence-electron chi connectivity index (χ1n) is 7.93. The van der Waals surface area contributed by atoms with Gasteiger partial charge in [-0.25, -0.2) is 9.67 Å². The van der Waals surface area contributed by atoms with E-state index in [1.54, 1.807) is 6.33 Å². The number of hydrogen-bond donors (Lipinski definition) is 2. The third kappa shape index (κ3) is 4.03. The van der Waals surface area contributed by atoms with Crippen LogP contribution in [0.2, 0.25) is 0 Å². The summed E-state index contributed by atoms with van der Waals surface area (Å²) in [6, 6.07) is 0.313. The molecule has 0 saturated heterocycles. The van der Waals surface area contributed by atoms with E-state index in [4.69, 9.17) is 5.84 Å². The highest BCUT2D eigenvalue weighted by Gasteiger charge is 2.27. The molecule has 1 heterocycles. The lowest BCUT2D eigenvalue weighted by molar-refractivity contribution is 0.218. The summed E-state index contributed by atoms with van der Waals surface area (Å²) in [6.45, 7) is 7.68. The normalized spacial score (nSPS) is 25.1. The molecule has 3 unspecified atom stereocenters. The Morgan fingerprint density at radius 1 is 1.45 bits per heavy atom. The molecule has 2 rings (SSSR count). The van der Waals surface area contributed by atoms with Crippen LogP contribution in [0.4, 0.5) is 0 Å². The van der Waals surface area contributed by atoms with Crippen molar-refractivity contribution in [3.63, 3.8) is 0 Å². The first-order valence-corrected chi connectivity index (χ1v) is 7.93. The number of nitrogens with two attached hydrogens (primary N) is 1. The molecule has 0 amide bonds. The van der Waals surface area contributed by atoms with Crippen molar-refractivity contribution in [1.82, 2.24) is 20.2 Å². The molecular weight excluding hydrogens is 250 g/mol. The van der Waals surface area contributed by atoms with E-state index < -0.39 is 0 Å². The van der Waals surface area contributed by atoms with E-state index in [0.29, 0.717) is 17.9 Å². The van der Waals surface area contributed by atoms with E-state index in [1.807, 2.05) is 4.68 Å². The molecule has 1 aliphatic rings. The van der Waals surface area contributed by atoms with E-state index in [-0.39, 0.29) is 0 Å². The zero-order chi connectivity index (χ0) is 14.5. The van der Waals surface area contributed by atoms with Gasteiger partial charge in [0.2, 0.25) is 0 Å². The summed E-state index contributed by atoms with van der Waals surface area (Å²) in [5, 5.41) is 4.34. The van der Waals surface area contributed by atoms with Crippen molar-refractivity contribution in [3.8, 4) is 0 Å². The van der Waals surface area contributed by atoms with Gasteiger partial charge < -0.3 is 0 Å². The van der Waals surface area contributed by atoms with Gasteiger partial charge in [0.05, 0.1) is 0 Å². The lowest BCUT2D eigenvalue weighted by Gasteiger charge is -2.32. The molecule has 0 aliphatic heterocycles. The van der Waals surface area contributed by atoms with Crippen LogP contribution in [0.15, 0.2) is 6.33 Å². The Morgan fingerprint density at radius 2 is 2.25 bits per heavy atom. The van der Waals surface area contributed by atoms with Crippen molar-refractivity contribution in [2.45, 2.75) is 65.5 Å². The third-order valence-corrected chi connectivity index (χ3v) is 4.40. The molecule has 0 spiro atoms. The Morgan fingerprint density at radius 3 is 2.90 bits per heavy atom. The number of rotatable bonds is 6. The lowest BCUT2D eigenvalue weighted by Crippen LogP contribution is -2.44. The van der Waals surface area contributed by atoms with E-state index in [1.165, 1.54) is 25.7 Å². The van der Waals surface area contributed by atoms with Crippen LogP contribution in [0.5, 0.6) is 0 Å². The molecule has 20 heavy (non-hydrogen) atoms. The number of hydrazine groups is 1. The molecule has 1 fully saturated rings. The van der Waals surface area contributed by atoms with Crippen LogP contribution in [-0.4, -0.2) is 20.8 Å². The molecule has 5 nitrogen and oxygen atoms in total. The SMILES string of the molecule is CC(C)Cn1ncnc1CC(NN)C1CCCC(C)C1. The van der Waals surface area contributed by atoms with Gasteiger partial charge in [-0.05, 0) is 30.6 Å². The Labute approximate surface area is 122 Å². The van der Waals surface area contributed by atoms with Crippen LogP contribution in [0.1, 0.15) is 52.3 Å². The maximum absolute atomic E-state index is 5.81. The first kappa shape index (κ1) is 15.4. The first-order chi connectivity index (χ1) is 9.60. The molecular formula is C15H29N5. The third-order valence-electron chi connectivity index (χ3n) is 4.40. The van der Waals surface area contributed by atoms with Crippen molar-refractivity contribution in [3.05, 3.63) is 12.2 Å². The van der Waals surface area contributed by atoms with Crippen molar-refractivity contribution < 1.29 is 0 Å². The van der Waals surface area contributed by atoms with Gasteiger partial charge in [-0.2, -0.15) is 5.10 Å². The molecule has 3 N–H and O–H groups in total. The number of nitrogens with one attached hydrogen (secondary N) is 1. The minimum absolute atomic E-state index is 0.313. The highest BCUT2D eigenvalue weighted by atomic mass is 15.3. The largest absolute Gasteiger partial charge is 0.271 e. The van der Waals surface area contributed by atoms with Crippen molar-refractivity contribution in [2.24, 2.45) is 23.6 Å². The molecule has 0 aromatic carbocycles. The van der Waals surface area contributed by atoms with E-state index in [0.717, 1.165) is 24.7 Å². The zero-order valence-corrected chi connectivity index (χ0v) is 13.0. The van der Waals surface area contributed by atoms with Crippen molar-refractivity contribution in [2.75, 3.05) is 0 Å². The molecule has 5 heteroatoms. The van der Waals surface area contributed by atoms with E-state index in [9.17, 15) is 0 Å².